The van der Waals surface area contributed by atoms with Gasteiger partial charge in [0.15, 0.2) is 5.65 Å². The second kappa shape index (κ2) is 12.3. The minimum absolute atomic E-state index is 0.0650. The maximum absolute atomic E-state index is 12.0. The monoisotopic (exact) mass is 474 g/mol. The highest BCUT2D eigenvalue weighted by atomic mass is 16.3. The Balaban J connectivity index is 1.51. The van der Waals surface area contributed by atoms with Gasteiger partial charge >= 0.3 is 6.03 Å². The Morgan fingerprint density at radius 1 is 1.23 bits per heavy atom. The number of phenolic OH excluding ortho intramolecular Hbond substituents is 1. The third-order valence-corrected chi connectivity index (χ3v) is 5.16. The Labute approximate surface area is 205 Å². The molecule has 3 rings (SSSR count). The third kappa shape index (κ3) is 7.14. The van der Waals surface area contributed by atoms with Crippen LogP contribution in [0.2, 0.25) is 0 Å². The normalized spacial score (nSPS) is 12.3. The smallest absolute Gasteiger partial charge is 0.318 e. The van der Waals surface area contributed by atoms with Crippen LogP contribution < -0.4 is 21.4 Å². The number of urea groups is 1. The Kier molecular flexibility index (Phi) is 8.94. The maximum Gasteiger partial charge on any atom is 0.318 e. The van der Waals surface area contributed by atoms with Gasteiger partial charge in [0, 0.05) is 36.6 Å². The number of unbranched alkanes of at least 4 members (excludes halogenated alkanes) is 1. The molecule has 0 fully saturated rings. The van der Waals surface area contributed by atoms with Crippen LogP contribution in [0.5, 0.6) is 5.75 Å². The van der Waals surface area contributed by atoms with E-state index in [9.17, 15) is 15.0 Å². The van der Waals surface area contributed by atoms with Crippen LogP contribution in [0.1, 0.15) is 26.7 Å². The first-order chi connectivity index (χ1) is 16.9. The van der Waals surface area contributed by atoms with E-state index in [2.05, 4.69) is 26.0 Å². The standard InChI is InChI=1S/C25H31BN6O3/c1-3-4-9-18(33)14-17(2)30-25(35)28-13-8-7-12-27-23-15-21(19-10-5-6-11-22(19)34)31-24-20(26)16-29-32(23)24/h3-6,9-11,14-16,27,33-34H,7-8,12-13,26H2,1-2H3,(H2,28,30,35)/b4-3-,17-14+,18-9+. The largest absolute Gasteiger partial charge is 0.508 e. The zero-order valence-electron chi connectivity index (χ0n) is 20.2. The summed E-state index contributed by atoms with van der Waals surface area (Å²) in [5.74, 6) is 1.01. The summed E-state index contributed by atoms with van der Waals surface area (Å²) in [6, 6.07) is 8.66. The van der Waals surface area contributed by atoms with Crippen molar-refractivity contribution in [3.63, 3.8) is 0 Å². The minimum Gasteiger partial charge on any atom is -0.508 e. The Bertz CT molecular complexity index is 1270. The number of phenols is 1. The summed E-state index contributed by atoms with van der Waals surface area (Å²) in [5.41, 5.74) is 3.52. The number of hydrogen-bond donors (Lipinski definition) is 5. The number of allylic oxidation sites excluding steroid dienone is 5. The molecule has 0 unspecified atom stereocenters. The van der Waals surface area contributed by atoms with Gasteiger partial charge in [-0.05, 0) is 56.4 Å². The first-order valence-corrected chi connectivity index (χ1v) is 11.5. The SMILES string of the molecule is Bc1cnn2c(NCCCCNC(=O)N/C(C)=C/C(O)=C\C=C/C)cc(-c3ccccc3O)nc12. The molecule has 0 aliphatic carbocycles. The molecule has 2 heterocycles. The summed E-state index contributed by atoms with van der Waals surface area (Å²) >= 11 is 0. The topological polar surface area (TPSA) is 124 Å². The number of aromatic hydroxyl groups is 1. The maximum atomic E-state index is 12.0. The van der Waals surface area contributed by atoms with E-state index in [1.165, 1.54) is 6.08 Å². The highest BCUT2D eigenvalue weighted by Gasteiger charge is 2.12. The lowest BCUT2D eigenvalue weighted by molar-refractivity contribution is 0.243. The first-order valence-electron chi connectivity index (χ1n) is 11.5. The van der Waals surface area contributed by atoms with Crippen molar-refractivity contribution in [1.29, 1.82) is 0 Å². The number of fused-ring (bicyclic) bond motifs is 1. The number of amides is 2. The molecule has 10 heteroatoms. The van der Waals surface area contributed by atoms with Gasteiger partial charge in [-0.25, -0.2) is 9.78 Å². The lowest BCUT2D eigenvalue weighted by atomic mass is 10.0. The molecule has 0 bridgehead atoms. The Morgan fingerprint density at radius 2 is 2.00 bits per heavy atom. The van der Waals surface area contributed by atoms with Crippen molar-refractivity contribution < 1.29 is 15.0 Å². The summed E-state index contributed by atoms with van der Waals surface area (Å²) in [4.78, 5) is 16.7. The van der Waals surface area contributed by atoms with Crippen LogP contribution in [0.15, 0.2) is 72.3 Å². The van der Waals surface area contributed by atoms with Gasteiger partial charge in [0.25, 0.3) is 0 Å². The molecule has 0 spiro atoms. The zero-order valence-corrected chi connectivity index (χ0v) is 20.2. The van der Waals surface area contributed by atoms with E-state index in [0.29, 0.717) is 30.0 Å². The van der Waals surface area contributed by atoms with Crippen molar-refractivity contribution in [2.24, 2.45) is 0 Å². The molecule has 0 aliphatic rings. The fraction of sp³-hybridized carbons (Fsp3) is 0.240. The van der Waals surface area contributed by atoms with Gasteiger partial charge in [-0.3, -0.25) is 0 Å². The Morgan fingerprint density at radius 3 is 2.77 bits per heavy atom. The van der Waals surface area contributed by atoms with Crippen LogP contribution >= 0.6 is 0 Å². The number of aromatic nitrogens is 3. The van der Waals surface area contributed by atoms with Gasteiger partial charge in [-0.15, -0.1) is 0 Å². The van der Waals surface area contributed by atoms with Crippen molar-refractivity contribution in [1.82, 2.24) is 25.2 Å². The number of benzene rings is 1. The van der Waals surface area contributed by atoms with Gasteiger partial charge in [-0.1, -0.05) is 24.3 Å². The molecule has 9 nitrogen and oxygen atoms in total. The number of carbonyl (C=O) groups excluding carboxylic acids is 1. The van der Waals surface area contributed by atoms with E-state index in [4.69, 9.17) is 0 Å². The predicted molar refractivity (Wildman–Crippen MR) is 142 cm³/mol. The number of carbonyl (C=O) groups is 1. The van der Waals surface area contributed by atoms with Gasteiger partial charge in [-0.2, -0.15) is 9.61 Å². The highest BCUT2D eigenvalue weighted by molar-refractivity contribution is 6.36. The van der Waals surface area contributed by atoms with Crippen LogP contribution in [0.3, 0.4) is 0 Å². The lowest BCUT2D eigenvalue weighted by Crippen LogP contribution is -2.35. The summed E-state index contributed by atoms with van der Waals surface area (Å²) in [5, 5.41) is 33.3. The van der Waals surface area contributed by atoms with E-state index in [1.54, 1.807) is 48.0 Å². The Hall–Kier alpha value is -4.21. The molecule has 182 valence electrons. The molecule has 0 saturated carbocycles. The molecule has 0 saturated heterocycles. The number of para-hydroxylation sites is 1. The van der Waals surface area contributed by atoms with Crippen molar-refractivity contribution >= 4 is 30.8 Å². The second-order valence-electron chi connectivity index (χ2n) is 8.07. The molecule has 0 aliphatic heterocycles. The summed E-state index contributed by atoms with van der Waals surface area (Å²) in [6.07, 6.45) is 9.89. The molecular formula is C25H31BN6O3. The fourth-order valence-electron chi connectivity index (χ4n) is 3.42. The van der Waals surface area contributed by atoms with E-state index in [1.807, 2.05) is 33.0 Å². The second-order valence-corrected chi connectivity index (χ2v) is 8.07. The molecule has 2 aromatic heterocycles. The summed E-state index contributed by atoms with van der Waals surface area (Å²) < 4.78 is 1.75. The van der Waals surface area contributed by atoms with Gasteiger partial charge < -0.3 is 26.2 Å². The van der Waals surface area contributed by atoms with Crippen molar-refractivity contribution in [2.75, 3.05) is 18.4 Å². The lowest BCUT2D eigenvalue weighted by Gasteiger charge is -2.12. The number of aliphatic hydroxyl groups is 1. The number of nitrogens with zero attached hydrogens (tertiary/aromatic N) is 3. The molecular weight excluding hydrogens is 443 g/mol. The van der Waals surface area contributed by atoms with E-state index < -0.39 is 0 Å². The van der Waals surface area contributed by atoms with Crippen LogP contribution in [0.25, 0.3) is 16.9 Å². The third-order valence-electron chi connectivity index (χ3n) is 5.16. The van der Waals surface area contributed by atoms with Crippen molar-refractivity contribution in [3.8, 4) is 17.0 Å². The van der Waals surface area contributed by atoms with Crippen molar-refractivity contribution in [3.05, 3.63) is 72.3 Å². The van der Waals surface area contributed by atoms with Gasteiger partial charge in [0.05, 0.1) is 5.69 Å². The van der Waals surface area contributed by atoms with E-state index in [-0.39, 0.29) is 17.5 Å². The number of hydrogen-bond acceptors (Lipinski definition) is 6. The quantitative estimate of drug-likeness (QED) is 0.133. The number of anilines is 1. The van der Waals surface area contributed by atoms with Crippen LogP contribution in [0, 0.1) is 0 Å². The molecule has 1 aromatic carbocycles. The van der Waals surface area contributed by atoms with Crippen LogP contribution in [0.4, 0.5) is 10.6 Å². The molecule has 0 radical (unpaired) electrons. The van der Waals surface area contributed by atoms with Gasteiger partial charge in [0.1, 0.15) is 25.2 Å². The highest BCUT2D eigenvalue weighted by Crippen LogP contribution is 2.29. The molecule has 3 aromatic rings. The number of aliphatic hydroxyl groups excluding tert-OH is 1. The number of rotatable bonds is 10. The molecule has 35 heavy (non-hydrogen) atoms. The van der Waals surface area contributed by atoms with E-state index >= 15 is 0 Å². The average Bonchev–Trinajstić information content (AvgIpc) is 3.20. The minimum atomic E-state index is -0.319. The first kappa shape index (κ1) is 25.4. The predicted octanol–water partition coefficient (Wildman–Crippen LogP) is 2.77. The molecule has 5 N–H and O–H groups in total. The number of nitrogens with one attached hydrogen (secondary N) is 3. The van der Waals surface area contributed by atoms with Crippen LogP contribution in [-0.2, 0) is 0 Å². The van der Waals surface area contributed by atoms with Crippen LogP contribution in [-0.4, -0.2) is 51.8 Å². The molecule has 0 atom stereocenters. The van der Waals surface area contributed by atoms with Crippen molar-refractivity contribution in [2.45, 2.75) is 26.7 Å². The average molecular weight is 474 g/mol. The van der Waals surface area contributed by atoms with E-state index in [0.717, 1.165) is 29.8 Å². The zero-order chi connectivity index (χ0) is 25.2. The van der Waals surface area contributed by atoms with Gasteiger partial charge in [0.2, 0.25) is 0 Å². The summed E-state index contributed by atoms with van der Waals surface area (Å²) in [7, 11) is 1.95. The molecule has 2 amide bonds. The summed E-state index contributed by atoms with van der Waals surface area (Å²) in [6.45, 7) is 4.74. The fourth-order valence-corrected chi connectivity index (χ4v) is 3.42.